The molecule has 0 amide bonds. The van der Waals surface area contributed by atoms with Crippen LogP contribution in [0.4, 0.5) is 5.82 Å². The molecular formula is C14H22BrN3S. The van der Waals surface area contributed by atoms with Crippen molar-refractivity contribution in [3.8, 4) is 0 Å². The highest BCUT2D eigenvalue weighted by atomic mass is 79.9. The fourth-order valence-corrected chi connectivity index (χ4v) is 3.88. The molecule has 1 aliphatic rings. The van der Waals surface area contributed by atoms with E-state index < -0.39 is 0 Å². The summed E-state index contributed by atoms with van der Waals surface area (Å²) >= 11 is 5.56. The van der Waals surface area contributed by atoms with E-state index in [1.54, 1.807) is 0 Å². The van der Waals surface area contributed by atoms with Gasteiger partial charge in [0.05, 0.1) is 0 Å². The Hall–Kier alpha value is -0.260. The molecule has 0 radical (unpaired) electrons. The summed E-state index contributed by atoms with van der Waals surface area (Å²) in [6, 6.07) is 3.28. The topological polar surface area (TPSA) is 28.2 Å². The molecule has 0 spiro atoms. The van der Waals surface area contributed by atoms with Gasteiger partial charge in [-0.1, -0.05) is 13.8 Å². The number of hydrogen-bond acceptors (Lipinski definition) is 4. The Bertz CT molecular complexity index is 419. The van der Waals surface area contributed by atoms with Gasteiger partial charge in [0.1, 0.15) is 5.82 Å². The molecule has 106 valence electrons. The number of halogens is 1. The number of nitrogens with one attached hydrogen (secondary N) is 1. The molecule has 3 nitrogen and oxygen atoms in total. The maximum absolute atomic E-state index is 4.63. The zero-order valence-electron chi connectivity index (χ0n) is 11.8. The minimum atomic E-state index is 0.485. The van der Waals surface area contributed by atoms with Crippen LogP contribution in [0.5, 0.6) is 0 Å². The maximum Gasteiger partial charge on any atom is 0.133 e. The van der Waals surface area contributed by atoms with Crippen molar-refractivity contribution in [3.63, 3.8) is 0 Å². The van der Waals surface area contributed by atoms with Gasteiger partial charge in [0.2, 0.25) is 0 Å². The van der Waals surface area contributed by atoms with E-state index in [0.717, 1.165) is 16.8 Å². The first-order valence-corrected chi connectivity index (χ1v) is 8.71. The van der Waals surface area contributed by atoms with E-state index in [1.165, 1.54) is 23.5 Å². The highest BCUT2D eigenvalue weighted by molar-refractivity contribution is 9.10. The summed E-state index contributed by atoms with van der Waals surface area (Å²) in [6.45, 7) is 5.20. The lowest BCUT2D eigenvalue weighted by Gasteiger charge is -2.27. The third-order valence-electron chi connectivity index (χ3n) is 3.40. The second-order valence-corrected chi connectivity index (χ2v) is 7.37. The number of pyridine rings is 1. The Morgan fingerprint density at radius 1 is 1.58 bits per heavy atom. The molecule has 5 heteroatoms. The first kappa shape index (κ1) is 15.1. The molecule has 1 N–H and O–H groups in total. The summed E-state index contributed by atoms with van der Waals surface area (Å²) in [5.41, 5.74) is 1.27. The number of thioether (sulfide) groups is 1. The zero-order chi connectivity index (χ0) is 13.8. The standard InChI is InChI=1S/C14H22BrN3S/c1-10(2)16-7-11-6-12(15)8-17-14(11)18(3)13-4-5-19-9-13/h6,8,10,13,16H,4-5,7,9H2,1-3H3. The van der Waals surface area contributed by atoms with E-state index in [-0.39, 0.29) is 0 Å². The zero-order valence-corrected chi connectivity index (χ0v) is 14.2. The molecule has 1 fully saturated rings. The Kier molecular flexibility index (Phi) is 5.54. The summed E-state index contributed by atoms with van der Waals surface area (Å²) in [4.78, 5) is 6.98. The van der Waals surface area contributed by atoms with Crippen LogP contribution in [0.3, 0.4) is 0 Å². The van der Waals surface area contributed by atoms with Crippen LogP contribution in [0.2, 0.25) is 0 Å². The molecule has 0 aromatic carbocycles. The molecule has 19 heavy (non-hydrogen) atoms. The third-order valence-corrected chi connectivity index (χ3v) is 4.98. The summed E-state index contributed by atoms with van der Waals surface area (Å²) in [7, 11) is 2.17. The van der Waals surface area contributed by atoms with Crippen LogP contribution < -0.4 is 10.2 Å². The average molecular weight is 344 g/mol. The summed E-state index contributed by atoms with van der Waals surface area (Å²) in [5.74, 6) is 3.60. The van der Waals surface area contributed by atoms with Gasteiger partial charge in [0, 0.05) is 47.7 Å². The fourth-order valence-electron chi connectivity index (χ4n) is 2.24. The smallest absolute Gasteiger partial charge is 0.133 e. The van der Waals surface area contributed by atoms with Gasteiger partial charge in [0.15, 0.2) is 0 Å². The van der Waals surface area contributed by atoms with Crippen LogP contribution in [-0.4, -0.2) is 35.6 Å². The Morgan fingerprint density at radius 2 is 2.37 bits per heavy atom. The molecule has 2 heterocycles. The van der Waals surface area contributed by atoms with Crippen molar-refractivity contribution in [1.82, 2.24) is 10.3 Å². The molecule has 0 saturated carbocycles. The SMILES string of the molecule is CC(C)NCc1cc(Br)cnc1N(C)C1CCSC1. The van der Waals surface area contributed by atoms with E-state index >= 15 is 0 Å². The van der Waals surface area contributed by atoms with E-state index in [9.17, 15) is 0 Å². The second-order valence-electron chi connectivity index (χ2n) is 5.30. The highest BCUT2D eigenvalue weighted by Gasteiger charge is 2.22. The monoisotopic (exact) mass is 343 g/mol. The van der Waals surface area contributed by atoms with Gasteiger partial charge in [-0.3, -0.25) is 0 Å². The molecule has 2 rings (SSSR count). The van der Waals surface area contributed by atoms with Crippen LogP contribution in [0, 0.1) is 0 Å². The van der Waals surface area contributed by atoms with Gasteiger partial charge in [0.25, 0.3) is 0 Å². The van der Waals surface area contributed by atoms with E-state index in [1.807, 2.05) is 18.0 Å². The molecule has 1 unspecified atom stereocenters. The minimum Gasteiger partial charge on any atom is -0.356 e. The van der Waals surface area contributed by atoms with Gasteiger partial charge in [-0.15, -0.1) is 0 Å². The minimum absolute atomic E-state index is 0.485. The van der Waals surface area contributed by atoms with Crippen molar-refractivity contribution in [2.75, 3.05) is 23.5 Å². The third kappa shape index (κ3) is 4.10. The summed E-state index contributed by atoms with van der Waals surface area (Å²) < 4.78 is 1.05. The maximum atomic E-state index is 4.63. The second kappa shape index (κ2) is 6.95. The number of nitrogens with zero attached hydrogens (tertiary/aromatic N) is 2. The Labute approximate surface area is 128 Å². The molecule has 1 saturated heterocycles. The van der Waals surface area contributed by atoms with Crippen LogP contribution in [0.25, 0.3) is 0 Å². The van der Waals surface area contributed by atoms with Gasteiger partial charge >= 0.3 is 0 Å². The molecule has 1 aliphatic heterocycles. The van der Waals surface area contributed by atoms with Crippen molar-refractivity contribution in [2.24, 2.45) is 0 Å². The largest absolute Gasteiger partial charge is 0.356 e. The van der Waals surface area contributed by atoms with E-state index in [4.69, 9.17) is 0 Å². The Morgan fingerprint density at radius 3 is 3.00 bits per heavy atom. The molecule has 1 atom stereocenters. The van der Waals surface area contributed by atoms with Crippen LogP contribution >= 0.6 is 27.7 Å². The van der Waals surface area contributed by atoms with Crippen molar-refractivity contribution in [3.05, 3.63) is 22.3 Å². The van der Waals surface area contributed by atoms with Crippen LogP contribution in [0.15, 0.2) is 16.7 Å². The quantitative estimate of drug-likeness (QED) is 0.887. The predicted octanol–water partition coefficient (Wildman–Crippen LogP) is 3.28. The first-order chi connectivity index (χ1) is 9.08. The van der Waals surface area contributed by atoms with E-state index in [0.29, 0.717) is 12.1 Å². The number of aromatic nitrogens is 1. The van der Waals surface area contributed by atoms with Crippen molar-refractivity contribution >= 4 is 33.5 Å². The van der Waals surface area contributed by atoms with Gasteiger partial charge in [-0.05, 0) is 34.2 Å². The van der Waals surface area contributed by atoms with Gasteiger partial charge in [-0.2, -0.15) is 11.8 Å². The average Bonchev–Trinajstić information content (AvgIpc) is 2.89. The Balaban J connectivity index is 2.17. The van der Waals surface area contributed by atoms with Crippen molar-refractivity contribution in [1.29, 1.82) is 0 Å². The molecule has 1 aromatic heterocycles. The van der Waals surface area contributed by atoms with E-state index in [2.05, 4.69) is 58.1 Å². The van der Waals surface area contributed by atoms with Crippen LogP contribution in [0.1, 0.15) is 25.8 Å². The molecule has 0 aliphatic carbocycles. The molecule has 1 aromatic rings. The van der Waals surface area contributed by atoms with Gasteiger partial charge in [-0.25, -0.2) is 4.98 Å². The first-order valence-electron chi connectivity index (χ1n) is 6.76. The van der Waals surface area contributed by atoms with Crippen molar-refractivity contribution < 1.29 is 0 Å². The lowest BCUT2D eigenvalue weighted by atomic mass is 10.2. The number of anilines is 1. The summed E-state index contributed by atoms with van der Waals surface area (Å²) in [5, 5.41) is 3.48. The lowest BCUT2D eigenvalue weighted by Crippen LogP contribution is -2.33. The van der Waals surface area contributed by atoms with Gasteiger partial charge < -0.3 is 10.2 Å². The van der Waals surface area contributed by atoms with Crippen molar-refractivity contribution in [2.45, 2.75) is 38.9 Å². The normalized spacial score (nSPS) is 19.1. The number of hydrogen-bond donors (Lipinski definition) is 1. The lowest BCUT2D eigenvalue weighted by molar-refractivity contribution is 0.584. The molecule has 0 bridgehead atoms. The molecular weight excluding hydrogens is 322 g/mol. The predicted molar refractivity (Wildman–Crippen MR) is 88.0 cm³/mol. The van der Waals surface area contributed by atoms with Crippen LogP contribution in [-0.2, 0) is 6.54 Å². The summed E-state index contributed by atoms with van der Waals surface area (Å²) in [6.07, 6.45) is 3.16. The number of rotatable bonds is 5. The fraction of sp³-hybridized carbons (Fsp3) is 0.643. The highest BCUT2D eigenvalue weighted by Crippen LogP contribution is 2.28.